The van der Waals surface area contributed by atoms with Gasteiger partial charge in [-0.25, -0.2) is 9.78 Å². The van der Waals surface area contributed by atoms with Crippen molar-refractivity contribution in [2.45, 2.75) is 0 Å². The van der Waals surface area contributed by atoms with Crippen LogP contribution in [0, 0.1) is 0 Å². The highest BCUT2D eigenvalue weighted by molar-refractivity contribution is 5.98. The zero-order valence-electron chi connectivity index (χ0n) is 5.89. The largest absolute Gasteiger partial charge is 0.478 e. The van der Waals surface area contributed by atoms with Crippen LogP contribution in [0.2, 0.25) is 0 Å². The molecule has 0 aromatic carbocycles. The summed E-state index contributed by atoms with van der Waals surface area (Å²) in [5.41, 5.74) is 0.609. The lowest BCUT2D eigenvalue weighted by atomic mass is 10.2. The summed E-state index contributed by atoms with van der Waals surface area (Å²) in [5.74, 6) is -1.04. The lowest BCUT2D eigenvalue weighted by Gasteiger charge is -1.91. The third-order valence-electron chi connectivity index (χ3n) is 1.46. The molecular formula is C7H4N2O3. The van der Waals surface area contributed by atoms with Gasteiger partial charge in [-0.05, 0) is 6.07 Å². The van der Waals surface area contributed by atoms with Gasteiger partial charge in [0, 0.05) is 6.20 Å². The number of carboxylic acids is 1. The predicted octanol–water partition coefficient (Wildman–Crippen LogP) is 0.921. The lowest BCUT2D eigenvalue weighted by molar-refractivity contribution is 0.0698. The molecule has 12 heavy (non-hydrogen) atoms. The molecule has 5 heteroatoms. The maximum Gasteiger partial charge on any atom is 0.339 e. The second-order valence-electron chi connectivity index (χ2n) is 2.17. The number of carboxylic acid groups (broad SMARTS) is 1. The zero-order valence-corrected chi connectivity index (χ0v) is 5.89. The smallest absolute Gasteiger partial charge is 0.339 e. The molecule has 0 saturated carbocycles. The third-order valence-corrected chi connectivity index (χ3v) is 1.46. The Morgan fingerprint density at radius 1 is 1.50 bits per heavy atom. The van der Waals surface area contributed by atoms with E-state index in [1.807, 2.05) is 0 Å². The van der Waals surface area contributed by atoms with Crippen LogP contribution in [0.15, 0.2) is 23.1 Å². The average molecular weight is 164 g/mol. The molecule has 0 aliphatic rings. The Morgan fingerprint density at radius 2 is 2.33 bits per heavy atom. The first-order valence-corrected chi connectivity index (χ1v) is 3.20. The van der Waals surface area contributed by atoms with E-state index >= 15 is 0 Å². The van der Waals surface area contributed by atoms with Gasteiger partial charge in [0.1, 0.15) is 5.56 Å². The van der Waals surface area contributed by atoms with Gasteiger partial charge in [0.25, 0.3) is 0 Å². The number of nitrogens with zero attached hydrogens (tertiary/aromatic N) is 2. The number of fused-ring (bicyclic) bond motifs is 1. The van der Waals surface area contributed by atoms with Crippen molar-refractivity contribution < 1.29 is 14.3 Å². The molecule has 1 N–H and O–H groups in total. The topological polar surface area (TPSA) is 76.2 Å². The van der Waals surface area contributed by atoms with E-state index in [2.05, 4.69) is 9.97 Å². The van der Waals surface area contributed by atoms with Crippen molar-refractivity contribution in [1.82, 2.24) is 9.97 Å². The van der Waals surface area contributed by atoms with Crippen molar-refractivity contribution >= 4 is 17.2 Å². The van der Waals surface area contributed by atoms with Crippen LogP contribution in [0.3, 0.4) is 0 Å². The second kappa shape index (κ2) is 2.30. The van der Waals surface area contributed by atoms with Crippen molar-refractivity contribution in [3.63, 3.8) is 0 Å². The van der Waals surface area contributed by atoms with Crippen LogP contribution in [0.4, 0.5) is 0 Å². The van der Waals surface area contributed by atoms with E-state index in [9.17, 15) is 4.79 Å². The summed E-state index contributed by atoms with van der Waals surface area (Å²) >= 11 is 0. The minimum atomic E-state index is -1.04. The fourth-order valence-corrected chi connectivity index (χ4v) is 0.943. The van der Waals surface area contributed by atoms with Gasteiger partial charge in [-0.15, -0.1) is 0 Å². The minimum absolute atomic E-state index is 0.0810. The molecule has 0 spiro atoms. The van der Waals surface area contributed by atoms with Crippen LogP contribution in [0.25, 0.3) is 11.2 Å². The van der Waals surface area contributed by atoms with Gasteiger partial charge in [0.05, 0.1) is 0 Å². The number of pyridine rings is 1. The van der Waals surface area contributed by atoms with Crippen LogP contribution >= 0.6 is 0 Å². The van der Waals surface area contributed by atoms with E-state index in [0.29, 0.717) is 5.65 Å². The van der Waals surface area contributed by atoms with E-state index in [1.54, 1.807) is 0 Å². The first-order valence-electron chi connectivity index (χ1n) is 3.20. The van der Waals surface area contributed by atoms with Crippen molar-refractivity contribution in [2.24, 2.45) is 0 Å². The summed E-state index contributed by atoms with van der Waals surface area (Å²) in [6.07, 6.45) is 2.55. The highest BCUT2D eigenvalue weighted by Gasteiger charge is 2.11. The normalized spacial score (nSPS) is 10.3. The molecule has 0 bridgehead atoms. The third kappa shape index (κ3) is 0.833. The second-order valence-corrected chi connectivity index (χ2v) is 2.17. The Labute approximate surface area is 66.7 Å². The highest BCUT2D eigenvalue weighted by atomic mass is 16.4. The maximum absolute atomic E-state index is 10.6. The predicted molar refractivity (Wildman–Crippen MR) is 38.8 cm³/mol. The van der Waals surface area contributed by atoms with Crippen LogP contribution in [-0.2, 0) is 0 Å². The molecule has 0 aliphatic heterocycles. The Bertz CT molecular complexity index is 435. The molecule has 2 heterocycles. The molecule has 0 atom stereocenters. The molecule has 0 aliphatic carbocycles. The molecule has 0 unspecified atom stereocenters. The van der Waals surface area contributed by atoms with Gasteiger partial charge in [-0.3, -0.25) is 0 Å². The van der Waals surface area contributed by atoms with Crippen molar-refractivity contribution in [1.29, 1.82) is 0 Å². The minimum Gasteiger partial charge on any atom is -0.478 e. The summed E-state index contributed by atoms with van der Waals surface area (Å²) in [7, 11) is 0. The van der Waals surface area contributed by atoms with E-state index in [0.717, 1.165) is 0 Å². The standard InChI is InChI=1S/C7H4N2O3/c10-7(11)4-1-2-8-6-5(4)12-3-9-6/h1-3H,(H,10,11). The SMILES string of the molecule is O=C(O)c1ccnc2ncoc12. The molecule has 2 aromatic rings. The molecule has 0 saturated heterocycles. The first kappa shape index (κ1) is 6.78. The Morgan fingerprint density at radius 3 is 3.08 bits per heavy atom. The van der Waals surface area contributed by atoms with Gasteiger partial charge >= 0.3 is 5.97 Å². The quantitative estimate of drug-likeness (QED) is 0.678. The van der Waals surface area contributed by atoms with E-state index < -0.39 is 5.97 Å². The van der Waals surface area contributed by atoms with Gasteiger partial charge in [0.2, 0.25) is 0 Å². The first-order chi connectivity index (χ1) is 5.79. The monoisotopic (exact) mass is 164 g/mol. The number of hydrogen-bond donors (Lipinski definition) is 1. The van der Waals surface area contributed by atoms with E-state index in [4.69, 9.17) is 9.52 Å². The Kier molecular flexibility index (Phi) is 1.30. The average Bonchev–Trinajstić information content (AvgIpc) is 2.49. The number of aromatic nitrogens is 2. The highest BCUT2D eigenvalue weighted by Crippen LogP contribution is 2.14. The van der Waals surface area contributed by atoms with Gasteiger partial charge in [-0.1, -0.05) is 0 Å². The molecule has 2 rings (SSSR count). The lowest BCUT2D eigenvalue weighted by Crippen LogP contribution is -1.96. The molecule has 0 fully saturated rings. The summed E-state index contributed by atoms with van der Waals surface area (Å²) in [4.78, 5) is 18.1. The van der Waals surface area contributed by atoms with Crippen molar-refractivity contribution in [3.05, 3.63) is 24.2 Å². The molecule has 5 nitrogen and oxygen atoms in total. The summed E-state index contributed by atoms with van der Waals surface area (Å²) in [6, 6.07) is 1.37. The van der Waals surface area contributed by atoms with Crippen molar-refractivity contribution in [3.8, 4) is 0 Å². The Balaban J connectivity index is 2.82. The van der Waals surface area contributed by atoms with E-state index in [-0.39, 0.29) is 11.1 Å². The van der Waals surface area contributed by atoms with Gasteiger partial charge in [-0.2, -0.15) is 4.98 Å². The Hall–Kier alpha value is -1.91. The number of oxazole rings is 1. The van der Waals surface area contributed by atoms with Gasteiger partial charge < -0.3 is 9.52 Å². The van der Waals surface area contributed by atoms with Crippen LogP contribution in [0.5, 0.6) is 0 Å². The number of aromatic carboxylic acids is 1. The summed E-state index contributed by atoms with van der Waals surface area (Å²) in [6.45, 7) is 0. The van der Waals surface area contributed by atoms with Crippen molar-refractivity contribution in [2.75, 3.05) is 0 Å². The zero-order chi connectivity index (χ0) is 8.55. The number of carbonyl (C=O) groups is 1. The fourth-order valence-electron chi connectivity index (χ4n) is 0.943. The van der Waals surface area contributed by atoms with Gasteiger partial charge in [0.15, 0.2) is 17.6 Å². The molecule has 0 amide bonds. The molecule has 0 radical (unpaired) electrons. The number of rotatable bonds is 1. The molecule has 2 aromatic heterocycles. The summed E-state index contributed by atoms with van der Waals surface area (Å²) in [5, 5.41) is 8.69. The maximum atomic E-state index is 10.6. The fraction of sp³-hybridized carbons (Fsp3) is 0. The van der Waals surface area contributed by atoms with Crippen LogP contribution in [0.1, 0.15) is 10.4 Å². The van der Waals surface area contributed by atoms with Crippen LogP contribution in [-0.4, -0.2) is 21.0 Å². The van der Waals surface area contributed by atoms with Crippen LogP contribution < -0.4 is 0 Å². The summed E-state index contributed by atoms with van der Waals surface area (Å²) < 4.78 is 4.86. The number of hydrogen-bond acceptors (Lipinski definition) is 4. The molecule has 60 valence electrons. The molecular weight excluding hydrogens is 160 g/mol. The van der Waals surface area contributed by atoms with E-state index in [1.165, 1.54) is 18.7 Å².